The maximum Gasteiger partial charge on any atom is 0.259 e. The van der Waals surface area contributed by atoms with E-state index in [4.69, 9.17) is 16.3 Å². The first-order valence-corrected chi connectivity index (χ1v) is 11.1. The highest BCUT2D eigenvalue weighted by molar-refractivity contribution is 7.10. The minimum Gasteiger partial charge on any atom is -0.454 e. The third-order valence-electron chi connectivity index (χ3n) is 5.78. The number of rotatable bonds is 3. The Balaban J connectivity index is 1.44. The molecule has 152 valence electrons. The van der Waals surface area contributed by atoms with E-state index in [1.165, 1.54) is 0 Å². The number of ether oxygens (including phenoxy) is 1. The van der Waals surface area contributed by atoms with Crippen molar-refractivity contribution in [2.24, 2.45) is 0 Å². The molecule has 7 heteroatoms. The number of fused-ring (bicyclic) bond motifs is 2. The molecule has 0 spiro atoms. The molecule has 1 fully saturated rings. The number of thiophene rings is 1. The summed E-state index contributed by atoms with van der Waals surface area (Å²) in [5.41, 5.74) is 0.949. The first kappa shape index (κ1) is 19.2. The number of carbonyl (C=O) groups excluding carboxylic acids is 2. The average Bonchev–Trinajstić information content (AvgIpc) is 3.41. The highest BCUT2D eigenvalue weighted by Crippen LogP contribution is 2.44. The van der Waals surface area contributed by atoms with Gasteiger partial charge in [0, 0.05) is 15.6 Å². The summed E-state index contributed by atoms with van der Waals surface area (Å²) in [7, 11) is 0. The van der Waals surface area contributed by atoms with Gasteiger partial charge in [-0.2, -0.15) is 0 Å². The molecule has 0 atom stereocenters. The molecule has 1 aliphatic carbocycles. The highest BCUT2D eigenvalue weighted by Gasteiger charge is 2.43. The molecule has 2 N–H and O–H groups in total. The molecular weight excluding hydrogens is 420 g/mol. The van der Waals surface area contributed by atoms with Gasteiger partial charge in [-0.15, -0.1) is 11.3 Å². The number of halogens is 1. The van der Waals surface area contributed by atoms with E-state index >= 15 is 0 Å². The van der Waals surface area contributed by atoms with Crippen molar-refractivity contribution in [2.45, 2.75) is 31.1 Å². The van der Waals surface area contributed by atoms with Crippen molar-refractivity contribution in [3.8, 4) is 11.5 Å². The van der Waals surface area contributed by atoms with Crippen LogP contribution in [0.1, 0.15) is 40.9 Å². The van der Waals surface area contributed by atoms with Crippen LogP contribution in [-0.4, -0.2) is 11.8 Å². The van der Waals surface area contributed by atoms with E-state index in [0.29, 0.717) is 33.5 Å². The molecule has 1 aromatic heterocycles. The summed E-state index contributed by atoms with van der Waals surface area (Å²) in [6.45, 7) is 0. The lowest BCUT2D eigenvalue weighted by molar-refractivity contribution is -0.121. The lowest BCUT2D eigenvalue weighted by atomic mass is 9.83. The molecule has 0 radical (unpaired) electrons. The van der Waals surface area contributed by atoms with Crippen LogP contribution >= 0.6 is 22.9 Å². The van der Waals surface area contributed by atoms with Crippen LogP contribution in [0.3, 0.4) is 0 Å². The van der Waals surface area contributed by atoms with Gasteiger partial charge in [-0.1, -0.05) is 30.5 Å². The maximum absolute atomic E-state index is 13.3. The van der Waals surface area contributed by atoms with Crippen LogP contribution in [0, 0.1) is 0 Å². The smallest absolute Gasteiger partial charge is 0.259 e. The van der Waals surface area contributed by atoms with Crippen molar-refractivity contribution in [3.63, 3.8) is 0 Å². The minimum absolute atomic E-state index is 0.0209. The molecule has 5 nitrogen and oxygen atoms in total. The zero-order valence-electron chi connectivity index (χ0n) is 16.0. The van der Waals surface area contributed by atoms with Crippen molar-refractivity contribution >= 4 is 46.1 Å². The fourth-order valence-corrected chi connectivity index (χ4v) is 5.39. The standard InChI is InChI=1S/C23H19ClN2O3S/c24-14-5-7-19-17(12-14)26-21(27)16-13-15(6-8-18(16)29-19)25-22(28)23(9-1-2-10-23)20-4-3-11-30-20/h3-8,11-13H,1-2,9-10H2,(H,25,28)(H,26,27). The van der Waals surface area contributed by atoms with Gasteiger partial charge in [-0.25, -0.2) is 0 Å². The van der Waals surface area contributed by atoms with Crippen molar-refractivity contribution in [1.82, 2.24) is 0 Å². The van der Waals surface area contributed by atoms with Crippen LogP contribution in [0.4, 0.5) is 11.4 Å². The number of nitrogens with one attached hydrogen (secondary N) is 2. The molecule has 1 aliphatic heterocycles. The molecule has 5 rings (SSSR count). The van der Waals surface area contributed by atoms with Crippen LogP contribution in [-0.2, 0) is 10.2 Å². The minimum atomic E-state index is -0.493. The third kappa shape index (κ3) is 3.26. The molecule has 2 aliphatic rings. The van der Waals surface area contributed by atoms with Gasteiger partial charge in [0.05, 0.1) is 16.7 Å². The summed E-state index contributed by atoms with van der Waals surface area (Å²) < 4.78 is 5.91. The summed E-state index contributed by atoms with van der Waals surface area (Å²) in [5, 5.41) is 8.39. The van der Waals surface area contributed by atoms with Crippen LogP contribution < -0.4 is 15.4 Å². The number of benzene rings is 2. The Morgan fingerprint density at radius 3 is 2.67 bits per heavy atom. The Kier molecular flexibility index (Phi) is 4.76. The predicted octanol–water partition coefficient (Wildman–Crippen LogP) is 6.21. The molecule has 0 bridgehead atoms. The molecule has 3 aromatic rings. The van der Waals surface area contributed by atoms with Crippen molar-refractivity contribution < 1.29 is 14.3 Å². The molecule has 0 unspecified atom stereocenters. The van der Waals surface area contributed by atoms with Gasteiger partial charge in [-0.05, 0) is 60.7 Å². The number of amides is 2. The van der Waals surface area contributed by atoms with Crippen molar-refractivity contribution in [3.05, 3.63) is 69.4 Å². The van der Waals surface area contributed by atoms with Crippen molar-refractivity contribution in [1.29, 1.82) is 0 Å². The average molecular weight is 439 g/mol. The van der Waals surface area contributed by atoms with E-state index in [9.17, 15) is 9.59 Å². The van der Waals surface area contributed by atoms with Crippen molar-refractivity contribution in [2.75, 3.05) is 10.6 Å². The molecule has 30 heavy (non-hydrogen) atoms. The molecule has 2 aromatic carbocycles. The summed E-state index contributed by atoms with van der Waals surface area (Å²) >= 11 is 7.66. The normalized spacial score (nSPS) is 16.6. The molecular formula is C23H19ClN2O3S. The van der Waals surface area contributed by atoms with E-state index in [2.05, 4.69) is 10.6 Å². The van der Waals surface area contributed by atoms with Gasteiger partial charge < -0.3 is 15.4 Å². The quantitative estimate of drug-likeness (QED) is 0.510. The lowest BCUT2D eigenvalue weighted by Crippen LogP contribution is -2.37. The van der Waals surface area contributed by atoms with Gasteiger partial charge in [0.15, 0.2) is 5.75 Å². The zero-order valence-corrected chi connectivity index (χ0v) is 17.6. The molecule has 1 saturated carbocycles. The van der Waals surface area contributed by atoms with Crippen LogP contribution in [0.15, 0.2) is 53.9 Å². The van der Waals surface area contributed by atoms with Gasteiger partial charge in [0.1, 0.15) is 5.75 Å². The van der Waals surface area contributed by atoms with Crippen LogP contribution in [0.25, 0.3) is 0 Å². The first-order valence-electron chi connectivity index (χ1n) is 9.83. The van der Waals surface area contributed by atoms with E-state index in [-0.39, 0.29) is 11.8 Å². The zero-order chi connectivity index (χ0) is 20.7. The third-order valence-corrected chi connectivity index (χ3v) is 7.09. The van der Waals surface area contributed by atoms with Gasteiger partial charge >= 0.3 is 0 Å². The largest absolute Gasteiger partial charge is 0.454 e. The summed E-state index contributed by atoms with van der Waals surface area (Å²) in [6, 6.07) is 14.2. The van der Waals surface area contributed by atoms with Gasteiger partial charge in [0.25, 0.3) is 5.91 Å². The van der Waals surface area contributed by atoms with E-state index in [1.54, 1.807) is 47.7 Å². The Hall–Kier alpha value is -2.83. The molecule has 0 saturated heterocycles. The fourth-order valence-electron chi connectivity index (χ4n) is 4.24. The summed E-state index contributed by atoms with van der Waals surface area (Å²) in [6.07, 6.45) is 3.74. The second-order valence-corrected chi connectivity index (χ2v) is 9.01. The predicted molar refractivity (Wildman–Crippen MR) is 119 cm³/mol. The SMILES string of the molecule is O=C1Nc2cc(Cl)ccc2Oc2ccc(NC(=O)C3(c4cccs4)CCCC3)cc21. The van der Waals surface area contributed by atoms with E-state index in [1.807, 2.05) is 17.5 Å². The Labute approximate surface area is 183 Å². The Morgan fingerprint density at radius 2 is 1.90 bits per heavy atom. The number of anilines is 2. The van der Waals surface area contributed by atoms with Crippen LogP contribution in [0.5, 0.6) is 11.5 Å². The van der Waals surface area contributed by atoms with Crippen LogP contribution in [0.2, 0.25) is 5.02 Å². The molecule has 2 amide bonds. The number of hydrogen-bond donors (Lipinski definition) is 2. The van der Waals surface area contributed by atoms with E-state index < -0.39 is 5.41 Å². The summed E-state index contributed by atoms with van der Waals surface area (Å²) in [4.78, 5) is 27.2. The second kappa shape index (κ2) is 7.45. The number of carbonyl (C=O) groups is 2. The monoisotopic (exact) mass is 438 g/mol. The topological polar surface area (TPSA) is 67.4 Å². The Bertz CT molecular complexity index is 1140. The summed E-state index contributed by atoms with van der Waals surface area (Å²) in [5.74, 6) is 0.620. The number of hydrogen-bond acceptors (Lipinski definition) is 4. The Morgan fingerprint density at radius 1 is 1.10 bits per heavy atom. The fraction of sp³-hybridized carbons (Fsp3) is 0.217. The van der Waals surface area contributed by atoms with Gasteiger partial charge in [0.2, 0.25) is 5.91 Å². The first-order chi connectivity index (χ1) is 14.5. The molecule has 2 heterocycles. The second-order valence-electron chi connectivity index (χ2n) is 7.63. The van der Waals surface area contributed by atoms with Gasteiger partial charge in [-0.3, -0.25) is 9.59 Å². The maximum atomic E-state index is 13.3. The van der Waals surface area contributed by atoms with E-state index in [0.717, 1.165) is 30.6 Å². The highest BCUT2D eigenvalue weighted by atomic mass is 35.5. The lowest BCUT2D eigenvalue weighted by Gasteiger charge is -2.26.